The first kappa shape index (κ1) is 19.0. The lowest BCUT2D eigenvalue weighted by molar-refractivity contribution is -0.118. The van der Waals surface area contributed by atoms with E-state index in [4.69, 9.17) is 10.8 Å². The molecule has 0 atom stereocenters. The molecule has 1 amide bonds. The van der Waals surface area contributed by atoms with Crippen LogP contribution in [0.15, 0.2) is 96.2 Å². The third-order valence-corrected chi connectivity index (χ3v) is 5.39. The molecule has 5 nitrogen and oxygen atoms in total. The smallest absolute Gasteiger partial charge is 0.244 e. The minimum atomic E-state index is -0.250. The second kappa shape index (κ2) is 8.77. The zero-order valence-electron chi connectivity index (χ0n) is 15.7. The molecule has 0 spiro atoms. The number of nitrogens with two attached hydrogens (primary N) is 1. The van der Waals surface area contributed by atoms with Crippen LogP contribution in [0, 0.1) is 0 Å². The third-order valence-electron chi connectivity index (χ3n) is 4.45. The number of rotatable bonds is 6. The van der Waals surface area contributed by atoms with Crippen molar-refractivity contribution in [3.05, 3.63) is 91.0 Å². The second-order valence-corrected chi connectivity index (χ2v) is 7.29. The van der Waals surface area contributed by atoms with Crippen LogP contribution >= 0.6 is 11.8 Å². The number of hydrogen-bond acceptors (Lipinski definition) is 4. The van der Waals surface area contributed by atoms with Gasteiger partial charge in [-0.15, -0.1) is 0 Å². The van der Waals surface area contributed by atoms with Crippen molar-refractivity contribution in [2.45, 2.75) is 5.16 Å². The molecule has 29 heavy (non-hydrogen) atoms. The molecule has 0 saturated carbocycles. The number of benzene rings is 3. The molecule has 0 aliphatic carbocycles. The Bertz CT molecular complexity index is 1100. The number of carbonyl (C=O) groups is 1. The molecular weight excluding hydrogens is 380 g/mol. The fraction of sp³-hybridized carbons (Fsp3) is 0.0435. The van der Waals surface area contributed by atoms with Gasteiger partial charge in [0.1, 0.15) is 0 Å². The number of para-hydroxylation sites is 1. The zero-order chi connectivity index (χ0) is 20.1. The molecule has 0 aliphatic rings. The van der Waals surface area contributed by atoms with E-state index in [1.807, 2.05) is 78.9 Å². The predicted octanol–water partition coefficient (Wildman–Crippen LogP) is 4.29. The largest absolute Gasteiger partial charge is 0.294 e. The standard InChI is InChI=1S/C23H20N4OS/c24-26-20(28)16-29-23-25-21(17-10-4-1-5-11-17)22(18-12-6-2-7-13-18)27(23)19-14-8-3-9-15-19/h1-15H,16,24H2,(H,26,28). The maximum atomic E-state index is 11.8. The molecule has 0 saturated heterocycles. The first-order valence-corrected chi connectivity index (χ1v) is 10.2. The Morgan fingerprint density at radius 2 is 1.41 bits per heavy atom. The van der Waals surface area contributed by atoms with Crippen LogP contribution in [0.3, 0.4) is 0 Å². The average Bonchev–Trinajstić information content (AvgIpc) is 3.18. The van der Waals surface area contributed by atoms with Gasteiger partial charge in [0, 0.05) is 16.8 Å². The number of thioether (sulfide) groups is 1. The molecule has 0 bridgehead atoms. The van der Waals surface area contributed by atoms with Crippen LogP contribution in [-0.4, -0.2) is 21.2 Å². The van der Waals surface area contributed by atoms with Crippen LogP contribution in [0.4, 0.5) is 0 Å². The molecule has 0 radical (unpaired) electrons. The average molecular weight is 401 g/mol. The van der Waals surface area contributed by atoms with Crippen LogP contribution < -0.4 is 11.3 Å². The lowest BCUT2D eigenvalue weighted by Crippen LogP contribution is -2.31. The molecule has 1 aromatic heterocycles. The highest BCUT2D eigenvalue weighted by molar-refractivity contribution is 7.99. The molecule has 144 valence electrons. The molecule has 0 unspecified atom stereocenters. The second-order valence-electron chi connectivity index (χ2n) is 6.35. The lowest BCUT2D eigenvalue weighted by atomic mass is 10.0. The van der Waals surface area contributed by atoms with E-state index in [9.17, 15) is 4.79 Å². The summed E-state index contributed by atoms with van der Waals surface area (Å²) in [6.07, 6.45) is 0. The number of carbonyl (C=O) groups excluding carboxylic acids is 1. The Hall–Kier alpha value is -3.35. The van der Waals surface area contributed by atoms with E-state index in [1.165, 1.54) is 11.8 Å². The topological polar surface area (TPSA) is 72.9 Å². The van der Waals surface area contributed by atoms with Crippen molar-refractivity contribution >= 4 is 17.7 Å². The minimum Gasteiger partial charge on any atom is -0.294 e. The van der Waals surface area contributed by atoms with Crippen molar-refractivity contribution < 1.29 is 4.79 Å². The number of amides is 1. The van der Waals surface area contributed by atoms with E-state index >= 15 is 0 Å². The number of hydrazine groups is 1. The summed E-state index contributed by atoms with van der Waals surface area (Å²) in [4.78, 5) is 16.7. The van der Waals surface area contributed by atoms with Crippen LogP contribution in [0.25, 0.3) is 28.2 Å². The first-order valence-electron chi connectivity index (χ1n) is 9.19. The first-order chi connectivity index (χ1) is 14.3. The highest BCUT2D eigenvalue weighted by atomic mass is 32.2. The fourth-order valence-corrected chi connectivity index (χ4v) is 3.97. The van der Waals surface area contributed by atoms with E-state index in [1.54, 1.807) is 0 Å². The summed E-state index contributed by atoms with van der Waals surface area (Å²) in [5.74, 6) is 5.20. The van der Waals surface area contributed by atoms with E-state index in [2.05, 4.69) is 22.1 Å². The summed E-state index contributed by atoms with van der Waals surface area (Å²) in [5.41, 5.74) is 7.10. The van der Waals surface area contributed by atoms with Gasteiger partial charge in [-0.3, -0.25) is 14.8 Å². The quantitative estimate of drug-likeness (QED) is 0.219. The number of nitrogens with zero attached hydrogens (tertiary/aromatic N) is 2. The van der Waals surface area contributed by atoms with Gasteiger partial charge < -0.3 is 0 Å². The van der Waals surface area contributed by atoms with Crippen molar-refractivity contribution in [3.8, 4) is 28.2 Å². The van der Waals surface area contributed by atoms with Gasteiger partial charge in [0.15, 0.2) is 5.16 Å². The van der Waals surface area contributed by atoms with E-state index < -0.39 is 0 Å². The molecule has 0 aliphatic heterocycles. The third kappa shape index (κ3) is 4.08. The van der Waals surface area contributed by atoms with Gasteiger partial charge in [0.2, 0.25) is 5.91 Å². The van der Waals surface area contributed by atoms with Crippen LogP contribution in [0.5, 0.6) is 0 Å². The monoisotopic (exact) mass is 400 g/mol. The Labute approximate surface area is 173 Å². The van der Waals surface area contributed by atoms with Gasteiger partial charge in [0.25, 0.3) is 0 Å². The van der Waals surface area contributed by atoms with Gasteiger partial charge in [-0.1, -0.05) is 90.6 Å². The summed E-state index contributed by atoms with van der Waals surface area (Å²) in [5, 5.41) is 0.734. The van der Waals surface area contributed by atoms with Crippen molar-refractivity contribution in [2.24, 2.45) is 5.84 Å². The molecule has 4 aromatic rings. The van der Waals surface area contributed by atoms with Crippen LogP contribution in [0.1, 0.15) is 0 Å². The highest BCUT2D eigenvalue weighted by Crippen LogP contribution is 2.38. The summed E-state index contributed by atoms with van der Waals surface area (Å²) < 4.78 is 2.10. The van der Waals surface area contributed by atoms with Gasteiger partial charge in [-0.05, 0) is 12.1 Å². The Morgan fingerprint density at radius 3 is 2.00 bits per heavy atom. The van der Waals surface area contributed by atoms with Crippen LogP contribution in [0.2, 0.25) is 0 Å². The van der Waals surface area contributed by atoms with Crippen molar-refractivity contribution in [1.82, 2.24) is 15.0 Å². The predicted molar refractivity (Wildman–Crippen MR) is 117 cm³/mol. The molecule has 4 rings (SSSR count). The molecular formula is C23H20N4OS. The minimum absolute atomic E-state index is 0.183. The van der Waals surface area contributed by atoms with E-state index in [0.717, 1.165) is 33.4 Å². The van der Waals surface area contributed by atoms with Gasteiger partial charge in [0.05, 0.1) is 17.1 Å². The zero-order valence-corrected chi connectivity index (χ0v) is 16.5. The molecule has 0 fully saturated rings. The van der Waals surface area contributed by atoms with E-state index in [-0.39, 0.29) is 11.7 Å². The summed E-state index contributed by atoms with van der Waals surface area (Å²) >= 11 is 1.36. The van der Waals surface area contributed by atoms with E-state index in [0.29, 0.717) is 0 Å². The van der Waals surface area contributed by atoms with Gasteiger partial charge >= 0.3 is 0 Å². The number of aromatic nitrogens is 2. The number of imidazole rings is 1. The maximum Gasteiger partial charge on any atom is 0.244 e. The SMILES string of the molecule is NNC(=O)CSc1nc(-c2ccccc2)c(-c2ccccc2)n1-c1ccccc1. The van der Waals surface area contributed by atoms with Crippen molar-refractivity contribution in [3.63, 3.8) is 0 Å². The molecule has 1 heterocycles. The molecule has 3 N–H and O–H groups in total. The highest BCUT2D eigenvalue weighted by Gasteiger charge is 2.22. The molecule has 6 heteroatoms. The van der Waals surface area contributed by atoms with Gasteiger partial charge in [-0.25, -0.2) is 10.8 Å². The summed E-state index contributed by atoms with van der Waals surface area (Å²) in [6.45, 7) is 0. The van der Waals surface area contributed by atoms with Gasteiger partial charge in [-0.2, -0.15) is 0 Å². The fourth-order valence-electron chi connectivity index (χ4n) is 3.14. The lowest BCUT2D eigenvalue weighted by Gasteiger charge is -2.13. The van der Waals surface area contributed by atoms with Crippen molar-refractivity contribution in [2.75, 3.05) is 5.75 Å². The van der Waals surface area contributed by atoms with Crippen molar-refractivity contribution in [1.29, 1.82) is 0 Å². The Balaban J connectivity index is 1.96. The summed E-state index contributed by atoms with van der Waals surface area (Å²) in [6, 6.07) is 30.3. The maximum absolute atomic E-state index is 11.8. The number of nitrogens with one attached hydrogen (secondary N) is 1. The Kier molecular flexibility index (Phi) is 5.74. The molecule has 3 aromatic carbocycles. The summed E-state index contributed by atoms with van der Waals surface area (Å²) in [7, 11) is 0. The Morgan fingerprint density at radius 1 is 0.862 bits per heavy atom. The number of hydrogen-bond donors (Lipinski definition) is 2. The van der Waals surface area contributed by atoms with Crippen LogP contribution in [-0.2, 0) is 4.79 Å². The normalized spacial score (nSPS) is 10.7.